The number of hydrogen-bond acceptors (Lipinski definition) is 5. The predicted octanol–water partition coefficient (Wildman–Crippen LogP) is 2.35. The number of pyridine rings is 1. The number of benzene rings is 2. The maximum Gasteiger partial charge on any atom is 0.268 e. The molecule has 0 bridgehead atoms. The van der Waals surface area contributed by atoms with E-state index in [0.29, 0.717) is 26.9 Å². The highest BCUT2D eigenvalue weighted by atomic mass is 32.1. The van der Waals surface area contributed by atoms with Gasteiger partial charge in [0.2, 0.25) is 5.91 Å². The van der Waals surface area contributed by atoms with Crippen LogP contribution in [0.25, 0.3) is 21.8 Å². The summed E-state index contributed by atoms with van der Waals surface area (Å²) in [7, 11) is 0. The first-order valence-corrected chi connectivity index (χ1v) is 8.98. The van der Waals surface area contributed by atoms with Crippen LogP contribution in [0.2, 0.25) is 0 Å². The number of aromatic nitrogens is 2. The standard InChI is InChI=1S/C19H14N4O3S/c20-18(26)13-10-27-19(21-13)22-16(24)9-23-14-7-3-1-5-11(14)17(25)12-6-2-4-8-15(12)23/h1-8,10H,9H2,(H2,20,26)(H,21,22,24). The summed E-state index contributed by atoms with van der Waals surface area (Å²) in [6.07, 6.45) is 0. The van der Waals surface area contributed by atoms with E-state index in [4.69, 9.17) is 5.73 Å². The lowest BCUT2D eigenvalue weighted by Gasteiger charge is -2.14. The summed E-state index contributed by atoms with van der Waals surface area (Å²) in [6, 6.07) is 14.4. The number of nitrogens with one attached hydrogen (secondary N) is 1. The quantitative estimate of drug-likeness (QED) is 0.532. The van der Waals surface area contributed by atoms with Gasteiger partial charge in [0, 0.05) is 16.2 Å². The number of nitrogens with two attached hydrogens (primary N) is 1. The van der Waals surface area contributed by atoms with Gasteiger partial charge >= 0.3 is 0 Å². The van der Waals surface area contributed by atoms with Gasteiger partial charge in [-0.05, 0) is 24.3 Å². The molecule has 134 valence electrons. The minimum Gasteiger partial charge on any atom is -0.364 e. The highest BCUT2D eigenvalue weighted by molar-refractivity contribution is 7.14. The van der Waals surface area contributed by atoms with Gasteiger partial charge in [0.15, 0.2) is 10.6 Å². The lowest BCUT2D eigenvalue weighted by atomic mass is 10.1. The Balaban J connectivity index is 1.76. The van der Waals surface area contributed by atoms with E-state index in [-0.39, 0.29) is 23.6 Å². The molecule has 2 amide bonds. The molecule has 8 heteroatoms. The minimum absolute atomic E-state index is 0.00715. The highest BCUT2D eigenvalue weighted by Crippen LogP contribution is 2.20. The van der Waals surface area contributed by atoms with E-state index in [1.54, 1.807) is 28.8 Å². The fourth-order valence-corrected chi connectivity index (χ4v) is 3.71. The van der Waals surface area contributed by atoms with Crippen molar-refractivity contribution < 1.29 is 9.59 Å². The van der Waals surface area contributed by atoms with Gasteiger partial charge in [0.25, 0.3) is 5.91 Å². The minimum atomic E-state index is -0.649. The summed E-state index contributed by atoms with van der Waals surface area (Å²) in [5.74, 6) is -0.969. The van der Waals surface area contributed by atoms with Gasteiger partial charge in [0.1, 0.15) is 12.2 Å². The predicted molar refractivity (Wildman–Crippen MR) is 105 cm³/mol. The van der Waals surface area contributed by atoms with Crippen LogP contribution < -0.4 is 16.5 Å². The van der Waals surface area contributed by atoms with Crippen LogP contribution in [-0.2, 0) is 11.3 Å². The summed E-state index contributed by atoms with van der Waals surface area (Å²) in [5.41, 5.74) is 6.57. The summed E-state index contributed by atoms with van der Waals surface area (Å²) in [6.45, 7) is -0.00715. The molecule has 3 N–H and O–H groups in total. The summed E-state index contributed by atoms with van der Waals surface area (Å²) in [4.78, 5) is 40.4. The topological polar surface area (TPSA) is 107 Å². The molecule has 0 saturated heterocycles. The van der Waals surface area contributed by atoms with Gasteiger partial charge in [-0.25, -0.2) is 4.98 Å². The number of carbonyl (C=O) groups excluding carboxylic acids is 2. The van der Waals surface area contributed by atoms with Gasteiger partial charge in [-0.3, -0.25) is 14.4 Å². The SMILES string of the molecule is NC(=O)c1csc(NC(=O)Cn2c3ccccc3c(=O)c3ccccc32)n1. The molecule has 2 aromatic carbocycles. The first-order chi connectivity index (χ1) is 13.0. The maximum absolute atomic E-state index is 12.7. The Morgan fingerprint density at radius 1 is 1.04 bits per heavy atom. The monoisotopic (exact) mass is 378 g/mol. The molecular formula is C19H14N4O3S. The molecule has 2 aromatic heterocycles. The zero-order chi connectivity index (χ0) is 19.0. The second kappa shape index (κ2) is 6.65. The molecule has 0 aliphatic heterocycles. The average Bonchev–Trinajstić information content (AvgIpc) is 3.14. The zero-order valence-corrected chi connectivity index (χ0v) is 14.8. The summed E-state index contributed by atoms with van der Waals surface area (Å²) in [5, 5.41) is 5.55. The molecular weight excluding hydrogens is 364 g/mol. The number of anilines is 1. The van der Waals surface area contributed by atoms with Crippen LogP contribution in [0.3, 0.4) is 0 Å². The molecule has 4 aromatic rings. The number of carbonyl (C=O) groups is 2. The summed E-state index contributed by atoms with van der Waals surface area (Å²) >= 11 is 1.12. The number of fused-ring (bicyclic) bond motifs is 2. The van der Waals surface area contributed by atoms with Crippen molar-refractivity contribution in [3.63, 3.8) is 0 Å². The third kappa shape index (κ3) is 3.06. The van der Waals surface area contributed by atoms with Gasteiger partial charge < -0.3 is 15.6 Å². The van der Waals surface area contributed by atoms with E-state index in [9.17, 15) is 14.4 Å². The van der Waals surface area contributed by atoms with Crippen molar-refractivity contribution in [3.8, 4) is 0 Å². The lowest BCUT2D eigenvalue weighted by molar-refractivity contribution is -0.116. The number of primary amides is 1. The molecule has 7 nitrogen and oxygen atoms in total. The van der Waals surface area contributed by atoms with E-state index < -0.39 is 5.91 Å². The van der Waals surface area contributed by atoms with Crippen molar-refractivity contribution in [3.05, 3.63) is 69.8 Å². The second-order valence-electron chi connectivity index (χ2n) is 5.90. The third-order valence-electron chi connectivity index (χ3n) is 4.18. The van der Waals surface area contributed by atoms with Crippen LogP contribution in [0.4, 0.5) is 5.13 Å². The van der Waals surface area contributed by atoms with Crippen LogP contribution in [0.15, 0.2) is 58.7 Å². The Morgan fingerprint density at radius 2 is 1.63 bits per heavy atom. The van der Waals surface area contributed by atoms with Crippen LogP contribution >= 0.6 is 11.3 Å². The number of para-hydroxylation sites is 2. The Hall–Kier alpha value is -3.52. The largest absolute Gasteiger partial charge is 0.364 e. The van der Waals surface area contributed by atoms with E-state index in [0.717, 1.165) is 11.3 Å². The van der Waals surface area contributed by atoms with Crippen molar-refractivity contribution in [1.29, 1.82) is 0 Å². The Kier molecular flexibility index (Phi) is 4.17. The highest BCUT2D eigenvalue weighted by Gasteiger charge is 2.14. The molecule has 0 aliphatic carbocycles. The molecule has 4 rings (SSSR count). The van der Waals surface area contributed by atoms with Crippen molar-refractivity contribution in [2.75, 3.05) is 5.32 Å². The Morgan fingerprint density at radius 3 is 2.19 bits per heavy atom. The van der Waals surface area contributed by atoms with Gasteiger partial charge in [-0.2, -0.15) is 0 Å². The Labute approximate surface area is 157 Å². The molecule has 0 radical (unpaired) electrons. The lowest BCUT2D eigenvalue weighted by Crippen LogP contribution is -2.21. The third-order valence-corrected chi connectivity index (χ3v) is 4.94. The zero-order valence-electron chi connectivity index (χ0n) is 14.0. The molecule has 27 heavy (non-hydrogen) atoms. The maximum atomic E-state index is 12.7. The molecule has 0 fully saturated rings. The van der Waals surface area contributed by atoms with Crippen molar-refractivity contribution >= 4 is 50.1 Å². The van der Waals surface area contributed by atoms with Gasteiger partial charge in [0.05, 0.1) is 11.0 Å². The molecule has 0 atom stereocenters. The van der Waals surface area contributed by atoms with E-state index >= 15 is 0 Å². The van der Waals surface area contributed by atoms with Crippen LogP contribution in [0.5, 0.6) is 0 Å². The Bertz CT molecular complexity index is 1200. The fourth-order valence-electron chi connectivity index (χ4n) is 2.99. The van der Waals surface area contributed by atoms with Crippen LogP contribution in [-0.4, -0.2) is 21.4 Å². The first-order valence-electron chi connectivity index (χ1n) is 8.10. The van der Waals surface area contributed by atoms with E-state index in [1.807, 2.05) is 24.3 Å². The first kappa shape index (κ1) is 16.9. The van der Waals surface area contributed by atoms with Crippen LogP contribution in [0.1, 0.15) is 10.5 Å². The summed E-state index contributed by atoms with van der Waals surface area (Å²) < 4.78 is 1.80. The molecule has 0 unspecified atom stereocenters. The van der Waals surface area contributed by atoms with Gasteiger partial charge in [-0.1, -0.05) is 24.3 Å². The number of amides is 2. The van der Waals surface area contributed by atoms with Gasteiger partial charge in [-0.15, -0.1) is 11.3 Å². The van der Waals surface area contributed by atoms with Crippen LogP contribution in [0, 0.1) is 0 Å². The van der Waals surface area contributed by atoms with Crippen molar-refractivity contribution in [2.45, 2.75) is 6.54 Å². The smallest absolute Gasteiger partial charge is 0.268 e. The van der Waals surface area contributed by atoms with Crippen molar-refractivity contribution in [2.24, 2.45) is 5.73 Å². The normalized spacial score (nSPS) is 11.0. The molecule has 0 aliphatic rings. The van der Waals surface area contributed by atoms with E-state index in [2.05, 4.69) is 10.3 Å². The average molecular weight is 378 g/mol. The fraction of sp³-hybridized carbons (Fsp3) is 0.0526. The van der Waals surface area contributed by atoms with Crippen molar-refractivity contribution in [1.82, 2.24) is 9.55 Å². The second-order valence-corrected chi connectivity index (χ2v) is 6.76. The number of nitrogens with zero attached hydrogens (tertiary/aromatic N) is 2. The number of hydrogen-bond donors (Lipinski definition) is 2. The van der Waals surface area contributed by atoms with E-state index in [1.165, 1.54) is 5.38 Å². The number of thiazole rings is 1. The molecule has 0 saturated carbocycles. The number of rotatable bonds is 4. The molecule has 0 spiro atoms. The molecule has 2 heterocycles.